The predicted octanol–water partition coefficient (Wildman–Crippen LogP) is 3.90. The molecule has 1 heterocycles. The molecular weight excluding hydrogens is 431 g/mol. The Morgan fingerprint density at radius 2 is 1.82 bits per heavy atom. The van der Waals surface area contributed by atoms with Gasteiger partial charge in [0.1, 0.15) is 0 Å². The third-order valence-corrected chi connectivity index (χ3v) is 4.34. The van der Waals surface area contributed by atoms with Gasteiger partial charge in [0, 0.05) is 23.5 Å². The number of halogens is 2. The van der Waals surface area contributed by atoms with E-state index in [0.29, 0.717) is 6.54 Å². The Morgan fingerprint density at radius 1 is 1.18 bits per heavy atom. The van der Waals surface area contributed by atoms with Gasteiger partial charge in [-0.2, -0.15) is 0 Å². The maximum absolute atomic E-state index is 5.87. The van der Waals surface area contributed by atoms with Crippen LogP contribution in [0.1, 0.15) is 21.1 Å². The van der Waals surface area contributed by atoms with Gasteiger partial charge in [-0.3, -0.25) is 4.99 Å². The molecule has 2 aromatic rings. The van der Waals surface area contributed by atoms with Crippen molar-refractivity contribution in [2.45, 2.75) is 26.9 Å². The standard InChI is InChI=1S/C15H19ClN4S.HI/c1-10-14(21-11(2)20-10)9-19-15(17-3)18-8-12-4-6-13(16)7-5-12;/h4-7H,8-9H2,1-3H3,(H2,17,18,19);1H. The fourth-order valence-corrected chi connectivity index (χ4v) is 2.91. The lowest BCUT2D eigenvalue weighted by molar-refractivity contribution is 0.811. The lowest BCUT2D eigenvalue weighted by Gasteiger charge is -2.11. The minimum atomic E-state index is 0. The van der Waals surface area contributed by atoms with Crippen LogP contribution in [0.15, 0.2) is 29.3 Å². The fourth-order valence-electron chi connectivity index (χ4n) is 1.91. The highest BCUT2D eigenvalue weighted by Gasteiger charge is 2.05. The molecule has 0 aliphatic carbocycles. The maximum Gasteiger partial charge on any atom is 0.191 e. The molecule has 0 aliphatic heterocycles. The third kappa shape index (κ3) is 5.73. The molecule has 120 valence electrons. The van der Waals surface area contributed by atoms with Crippen molar-refractivity contribution < 1.29 is 0 Å². The summed E-state index contributed by atoms with van der Waals surface area (Å²) in [7, 11) is 1.77. The first-order valence-corrected chi connectivity index (χ1v) is 7.90. The minimum Gasteiger partial charge on any atom is -0.352 e. The molecule has 22 heavy (non-hydrogen) atoms. The Kier molecular flexibility index (Phi) is 8.13. The summed E-state index contributed by atoms with van der Waals surface area (Å²) in [6.45, 7) is 5.49. The van der Waals surface area contributed by atoms with Crippen molar-refractivity contribution >= 4 is 52.9 Å². The van der Waals surface area contributed by atoms with E-state index in [9.17, 15) is 0 Å². The first-order chi connectivity index (χ1) is 10.1. The molecule has 0 spiro atoms. The molecule has 7 heteroatoms. The summed E-state index contributed by atoms with van der Waals surface area (Å²) in [5, 5.41) is 8.43. The Balaban J connectivity index is 0.00000242. The maximum atomic E-state index is 5.87. The average molecular weight is 451 g/mol. The third-order valence-electron chi connectivity index (χ3n) is 3.01. The zero-order chi connectivity index (χ0) is 15.2. The molecule has 1 aromatic carbocycles. The van der Waals surface area contributed by atoms with Crippen molar-refractivity contribution in [3.8, 4) is 0 Å². The molecule has 0 unspecified atom stereocenters. The van der Waals surface area contributed by atoms with Gasteiger partial charge in [-0.25, -0.2) is 4.98 Å². The van der Waals surface area contributed by atoms with Crippen molar-refractivity contribution in [3.63, 3.8) is 0 Å². The first kappa shape index (κ1) is 19.2. The van der Waals surface area contributed by atoms with Gasteiger partial charge in [-0.05, 0) is 31.5 Å². The lowest BCUT2D eigenvalue weighted by Crippen LogP contribution is -2.36. The predicted molar refractivity (Wildman–Crippen MR) is 105 cm³/mol. The van der Waals surface area contributed by atoms with Crippen molar-refractivity contribution in [1.82, 2.24) is 15.6 Å². The van der Waals surface area contributed by atoms with Crippen LogP contribution < -0.4 is 10.6 Å². The van der Waals surface area contributed by atoms with E-state index in [-0.39, 0.29) is 24.0 Å². The molecule has 0 saturated carbocycles. The van der Waals surface area contributed by atoms with Crippen LogP contribution in [0.3, 0.4) is 0 Å². The highest BCUT2D eigenvalue weighted by molar-refractivity contribution is 14.0. The Labute approximate surface area is 157 Å². The lowest BCUT2D eigenvalue weighted by atomic mass is 10.2. The zero-order valence-corrected chi connectivity index (χ0v) is 16.7. The summed E-state index contributed by atoms with van der Waals surface area (Å²) < 4.78 is 0. The second-order valence-corrected chi connectivity index (χ2v) is 6.37. The normalized spacial score (nSPS) is 11.0. The molecule has 0 bridgehead atoms. The van der Waals surface area contributed by atoms with Crippen LogP contribution in [0.4, 0.5) is 0 Å². The van der Waals surface area contributed by atoms with E-state index in [4.69, 9.17) is 11.6 Å². The van der Waals surface area contributed by atoms with Crippen LogP contribution in [0.5, 0.6) is 0 Å². The number of nitrogens with zero attached hydrogens (tertiary/aromatic N) is 2. The number of guanidine groups is 1. The number of aryl methyl sites for hydroxylation is 2. The van der Waals surface area contributed by atoms with Gasteiger partial charge in [0.25, 0.3) is 0 Å². The number of aromatic nitrogens is 1. The van der Waals surface area contributed by atoms with E-state index in [1.165, 1.54) is 4.88 Å². The van der Waals surface area contributed by atoms with E-state index in [1.807, 2.05) is 38.1 Å². The van der Waals surface area contributed by atoms with Gasteiger partial charge in [0.05, 0.1) is 17.2 Å². The van der Waals surface area contributed by atoms with Crippen LogP contribution in [0.2, 0.25) is 5.02 Å². The summed E-state index contributed by atoms with van der Waals surface area (Å²) >= 11 is 7.59. The first-order valence-electron chi connectivity index (χ1n) is 6.70. The highest BCUT2D eigenvalue weighted by atomic mass is 127. The molecular formula is C15H20ClIN4S. The number of nitrogens with one attached hydrogen (secondary N) is 2. The minimum absolute atomic E-state index is 0. The summed E-state index contributed by atoms with van der Waals surface area (Å²) in [6, 6.07) is 7.77. The Morgan fingerprint density at radius 3 is 2.36 bits per heavy atom. The molecule has 0 aliphatic rings. The van der Waals surface area contributed by atoms with Crippen LogP contribution in [0, 0.1) is 13.8 Å². The quantitative estimate of drug-likeness (QED) is 0.422. The molecule has 1 aromatic heterocycles. The summed E-state index contributed by atoms with van der Waals surface area (Å²) in [4.78, 5) is 9.89. The van der Waals surface area contributed by atoms with E-state index < -0.39 is 0 Å². The average Bonchev–Trinajstić information content (AvgIpc) is 2.79. The molecule has 2 N–H and O–H groups in total. The number of thiazole rings is 1. The van der Waals surface area contributed by atoms with Gasteiger partial charge >= 0.3 is 0 Å². The Hall–Kier alpha value is -0.860. The van der Waals surface area contributed by atoms with Gasteiger partial charge in [-0.15, -0.1) is 35.3 Å². The molecule has 0 saturated heterocycles. The van der Waals surface area contributed by atoms with Gasteiger partial charge < -0.3 is 10.6 Å². The molecule has 0 amide bonds. The van der Waals surface area contributed by atoms with E-state index >= 15 is 0 Å². The van der Waals surface area contributed by atoms with Crippen LogP contribution in [-0.2, 0) is 13.1 Å². The topological polar surface area (TPSA) is 49.3 Å². The van der Waals surface area contributed by atoms with E-state index in [0.717, 1.165) is 33.8 Å². The monoisotopic (exact) mass is 450 g/mol. The number of aliphatic imine (C=N–C) groups is 1. The number of rotatable bonds is 4. The number of hydrogen-bond donors (Lipinski definition) is 2. The summed E-state index contributed by atoms with van der Waals surface area (Å²) in [5.41, 5.74) is 2.24. The number of benzene rings is 1. The molecule has 4 nitrogen and oxygen atoms in total. The van der Waals surface area contributed by atoms with Crippen LogP contribution >= 0.6 is 46.9 Å². The van der Waals surface area contributed by atoms with E-state index in [1.54, 1.807) is 18.4 Å². The molecule has 0 fully saturated rings. The van der Waals surface area contributed by atoms with Gasteiger partial charge in [0.15, 0.2) is 5.96 Å². The van der Waals surface area contributed by atoms with Crippen molar-refractivity contribution in [2.24, 2.45) is 4.99 Å². The SMILES string of the molecule is CN=C(NCc1ccc(Cl)cc1)NCc1sc(C)nc1C.I. The molecule has 0 atom stereocenters. The Bertz CT molecular complexity index is 625. The largest absolute Gasteiger partial charge is 0.352 e. The second-order valence-electron chi connectivity index (χ2n) is 4.65. The molecule has 0 radical (unpaired) electrons. The smallest absolute Gasteiger partial charge is 0.191 e. The van der Waals surface area contributed by atoms with Gasteiger partial charge in [0.2, 0.25) is 0 Å². The fraction of sp³-hybridized carbons (Fsp3) is 0.333. The van der Waals surface area contributed by atoms with Crippen molar-refractivity contribution in [1.29, 1.82) is 0 Å². The zero-order valence-electron chi connectivity index (χ0n) is 12.8. The summed E-state index contributed by atoms with van der Waals surface area (Å²) in [5.74, 6) is 0.774. The van der Waals surface area contributed by atoms with Gasteiger partial charge in [-0.1, -0.05) is 23.7 Å². The highest BCUT2D eigenvalue weighted by Crippen LogP contribution is 2.16. The van der Waals surface area contributed by atoms with Crippen molar-refractivity contribution in [3.05, 3.63) is 50.4 Å². The van der Waals surface area contributed by atoms with Crippen molar-refractivity contribution in [2.75, 3.05) is 7.05 Å². The van der Waals surface area contributed by atoms with E-state index in [2.05, 4.69) is 20.6 Å². The number of hydrogen-bond acceptors (Lipinski definition) is 3. The van der Waals surface area contributed by atoms with Crippen LogP contribution in [0.25, 0.3) is 0 Å². The second kappa shape index (κ2) is 9.32. The molecule has 2 rings (SSSR count). The summed E-state index contributed by atoms with van der Waals surface area (Å²) in [6.07, 6.45) is 0. The van der Waals surface area contributed by atoms with Crippen LogP contribution in [-0.4, -0.2) is 18.0 Å².